The molecule has 0 saturated carbocycles. The molecule has 238 valence electrons. The second kappa shape index (κ2) is 11.9. The fourth-order valence-corrected chi connectivity index (χ4v) is 7.43. The Morgan fingerprint density at radius 2 is 0.863 bits per heavy atom. The lowest BCUT2D eigenvalue weighted by atomic mass is 9.90. The van der Waals surface area contributed by atoms with Crippen LogP contribution in [0.5, 0.6) is 0 Å². The number of aromatic nitrogens is 2. The number of benzene rings is 8. The van der Waals surface area contributed by atoms with Crippen LogP contribution in [0.15, 0.2) is 186 Å². The molecule has 3 heteroatoms. The zero-order valence-corrected chi connectivity index (χ0v) is 27.6. The maximum atomic E-state index is 6.95. The molecule has 0 aliphatic heterocycles. The Hall–Kier alpha value is -6.84. The number of hydrogen-bond donors (Lipinski definition) is 0. The summed E-state index contributed by atoms with van der Waals surface area (Å²) in [5, 5.41) is 6.70. The first-order valence-corrected chi connectivity index (χ1v) is 17.2. The van der Waals surface area contributed by atoms with Crippen molar-refractivity contribution in [2.45, 2.75) is 0 Å². The SMILES string of the molecule is c1ccc(-c2cc(-c3ccccc3)nc(-c3cc(-c4ccc(-c5ccccc5)c5ccccc45)c4oc5c6ccccc6ccc5c4c3)n2)cc1. The largest absolute Gasteiger partial charge is 0.455 e. The van der Waals surface area contributed by atoms with Crippen molar-refractivity contribution < 1.29 is 4.42 Å². The second-order valence-corrected chi connectivity index (χ2v) is 12.9. The molecule has 0 atom stereocenters. The highest BCUT2D eigenvalue weighted by Gasteiger charge is 2.21. The van der Waals surface area contributed by atoms with Crippen LogP contribution in [0, 0.1) is 0 Å². The zero-order chi connectivity index (χ0) is 33.7. The fourth-order valence-electron chi connectivity index (χ4n) is 7.43. The van der Waals surface area contributed by atoms with Gasteiger partial charge in [-0.05, 0) is 57.1 Å². The lowest BCUT2D eigenvalue weighted by Gasteiger charge is -2.14. The first-order chi connectivity index (χ1) is 25.3. The summed E-state index contributed by atoms with van der Waals surface area (Å²) in [7, 11) is 0. The summed E-state index contributed by atoms with van der Waals surface area (Å²) in [6, 6.07) is 63.7. The number of rotatable bonds is 5. The second-order valence-electron chi connectivity index (χ2n) is 12.9. The first-order valence-electron chi connectivity index (χ1n) is 17.2. The first kappa shape index (κ1) is 29.1. The van der Waals surface area contributed by atoms with Crippen LogP contribution < -0.4 is 0 Å². The van der Waals surface area contributed by atoms with Gasteiger partial charge in [-0.15, -0.1) is 0 Å². The van der Waals surface area contributed by atoms with E-state index < -0.39 is 0 Å². The van der Waals surface area contributed by atoms with Crippen molar-refractivity contribution >= 4 is 43.5 Å². The van der Waals surface area contributed by atoms with Crippen molar-refractivity contribution in [2.24, 2.45) is 0 Å². The maximum absolute atomic E-state index is 6.95. The molecule has 0 aliphatic carbocycles. The highest BCUT2D eigenvalue weighted by molar-refractivity contribution is 6.19. The van der Waals surface area contributed by atoms with Gasteiger partial charge in [-0.2, -0.15) is 0 Å². The van der Waals surface area contributed by atoms with E-state index in [2.05, 4.69) is 170 Å². The Morgan fingerprint density at radius 3 is 1.53 bits per heavy atom. The Kier molecular flexibility index (Phi) is 6.81. The summed E-state index contributed by atoms with van der Waals surface area (Å²) >= 11 is 0. The van der Waals surface area contributed by atoms with E-state index in [1.54, 1.807) is 0 Å². The van der Waals surface area contributed by atoms with Crippen LogP contribution in [0.3, 0.4) is 0 Å². The maximum Gasteiger partial charge on any atom is 0.160 e. The quantitative estimate of drug-likeness (QED) is 0.186. The van der Waals surface area contributed by atoms with E-state index in [9.17, 15) is 0 Å². The molecular weight excluding hydrogens is 621 g/mol. The number of hydrogen-bond acceptors (Lipinski definition) is 3. The molecule has 10 rings (SSSR count). The van der Waals surface area contributed by atoms with E-state index in [1.165, 1.54) is 16.5 Å². The third-order valence-electron chi connectivity index (χ3n) is 9.89. The molecule has 0 radical (unpaired) electrons. The minimum atomic E-state index is 0.665. The number of nitrogens with zero attached hydrogens (tertiary/aromatic N) is 2. The Labute approximate surface area is 295 Å². The molecule has 0 aliphatic rings. The molecular formula is C48H30N2O. The van der Waals surface area contributed by atoms with Gasteiger partial charge in [0, 0.05) is 38.4 Å². The third kappa shape index (κ3) is 4.98. The van der Waals surface area contributed by atoms with E-state index >= 15 is 0 Å². The molecule has 0 saturated heterocycles. The molecule has 8 aromatic carbocycles. The predicted molar refractivity (Wildman–Crippen MR) is 212 cm³/mol. The Morgan fingerprint density at radius 1 is 0.314 bits per heavy atom. The van der Waals surface area contributed by atoms with Gasteiger partial charge in [0.05, 0.1) is 11.4 Å². The Bertz CT molecular complexity index is 2840. The van der Waals surface area contributed by atoms with Gasteiger partial charge in [0.1, 0.15) is 11.2 Å². The summed E-state index contributed by atoms with van der Waals surface area (Å²) in [6.07, 6.45) is 0. The van der Waals surface area contributed by atoms with Crippen molar-refractivity contribution in [1.29, 1.82) is 0 Å². The van der Waals surface area contributed by atoms with Crippen LogP contribution in [0.2, 0.25) is 0 Å². The van der Waals surface area contributed by atoms with E-state index in [1.807, 2.05) is 12.1 Å². The minimum absolute atomic E-state index is 0.665. The van der Waals surface area contributed by atoms with Gasteiger partial charge in [0.25, 0.3) is 0 Å². The molecule has 3 nitrogen and oxygen atoms in total. The van der Waals surface area contributed by atoms with Gasteiger partial charge < -0.3 is 4.42 Å². The summed E-state index contributed by atoms with van der Waals surface area (Å²) in [5.74, 6) is 0.665. The van der Waals surface area contributed by atoms with Crippen molar-refractivity contribution in [2.75, 3.05) is 0 Å². The molecule has 2 aromatic heterocycles. The van der Waals surface area contributed by atoms with Crippen LogP contribution >= 0.6 is 0 Å². The molecule has 0 fully saturated rings. The van der Waals surface area contributed by atoms with Crippen LogP contribution in [0.1, 0.15) is 0 Å². The van der Waals surface area contributed by atoms with E-state index in [4.69, 9.17) is 14.4 Å². The van der Waals surface area contributed by atoms with Crippen molar-refractivity contribution in [3.8, 4) is 56.2 Å². The normalized spacial score (nSPS) is 11.5. The molecule has 0 N–H and O–H groups in total. The third-order valence-corrected chi connectivity index (χ3v) is 9.89. The fraction of sp³-hybridized carbons (Fsp3) is 0. The van der Waals surface area contributed by atoms with Crippen molar-refractivity contribution in [1.82, 2.24) is 9.97 Å². The van der Waals surface area contributed by atoms with Crippen molar-refractivity contribution in [3.63, 3.8) is 0 Å². The van der Waals surface area contributed by atoms with Crippen LogP contribution in [-0.4, -0.2) is 9.97 Å². The van der Waals surface area contributed by atoms with Crippen LogP contribution in [0.4, 0.5) is 0 Å². The van der Waals surface area contributed by atoms with Gasteiger partial charge in [-0.3, -0.25) is 0 Å². The van der Waals surface area contributed by atoms with Gasteiger partial charge in [-0.25, -0.2) is 9.97 Å². The standard InChI is InChI=1S/C48H30N2O/c1-4-14-31(15-5-1)36-26-27-40(39-23-13-12-22-38(36)39)42-28-35(29-43-41-25-24-32-16-10-11-21-37(32)46(41)51-47(42)43)48-49-44(33-17-6-2-7-18-33)30-45(50-48)34-19-8-3-9-20-34/h1-30H. The van der Waals surface area contributed by atoms with Crippen LogP contribution in [-0.2, 0) is 0 Å². The average Bonchev–Trinajstić information content (AvgIpc) is 3.60. The van der Waals surface area contributed by atoms with E-state index in [0.29, 0.717) is 5.82 Å². The molecule has 0 amide bonds. The molecule has 0 spiro atoms. The molecule has 0 unspecified atom stereocenters. The predicted octanol–water partition coefficient (Wildman–Crippen LogP) is 13.0. The summed E-state index contributed by atoms with van der Waals surface area (Å²) in [5.41, 5.74) is 11.0. The smallest absolute Gasteiger partial charge is 0.160 e. The summed E-state index contributed by atoms with van der Waals surface area (Å²) in [6.45, 7) is 0. The number of fused-ring (bicyclic) bond motifs is 6. The van der Waals surface area contributed by atoms with Gasteiger partial charge in [0.15, 0.2) is 5.82 Å². The molecule has 2 heterocycles. The molecule has 51 heavy (non-hydrogen) atoms. The topological polar surface area (TPSA) is 38.9 Å². The molecule has 0 bridgehead atoms. The van der Waals surface area contributed by atoms with Crippen molar-refractivity contribution in [3.05, 3.63) is 182 Å². The van der Waals surface area contributed by atoms with Gasteiger partial charge >= 0.3 is 0 Å². The molecule has 10 aromatic rings. The van der Waals surface area contributed by atoms with E-state index in [0.717, 1.165) is 77.3 Å². The highest BCUT2D eigenvalue weighted by atomic mass is 16.3. The summed E-state index contributed by atoms with van der Waals surface area (Å²) in [4.78, 5) is 10.5. The van der Waals surface area contributed by atoms with Gasteiger partial charge in [-0.1, -0.05) is 158 Å². The number of furan rings is 1. The average molecular weight is 651 g/mol. The highest BCUT2D eigenvalue weighted by Crippen LogP contribution is 2.44. The van der Waals surface area contributed by atoms with Crippen LogP contribution in [0.25, 0.3) is 99.6 Å². The lowest BCUT2D eigenvalue weighted by molar-refractivity contribution is 0.674. The van der Waals surface area contributed by atoms with E-state index in [-0.39, 0.29) is 0 Å². The zero-order valence-electron chi connectivity index (χ0n) is 27.6. The summed E-state index contributed by atoms with van der Waals surface area (Å²) < 4.78 is 6.95. The lowest BCUT2D eigenvalue weighted by Crippen LogP contribution is -1.96. The minimum Gasteiger partial charge on any atom is -0.455 e. The van der Waals surface area contributed by atoms with Gasteiger partial charge in [0.2, 0.25) is 0 Å². The Balaban J connectivity index is 1.29. The monoisotopic (exact) mass is 650 g/mol.